The van der Waals surface area contributed by atoms with Gasteiger partial charge in [0.05, 0.1) is 16.8 Å². The molecular formula is C17H20N2O4. The van der Waals surface area contributed by atoms with Crippen LogP contribution in [0.15, 0.2) is 33.9 Å². The van der Waals surface area contributed by atoms with Crippen LogP contribution in [0.25, 0.3) is 10.9 Å². The molecule has 0 saturated heterocycles. The highest BCUT2D eigenvalue weighted by atomic mass is 16.4. The number of benzene rings is 1. The van der Waals surface area contributed by atoms with Crippen LogP contribution >= 0.6 is 0 Å². The van der Waals surface area contributed by atoms with Gasteiger partial charge < -0.3 is 5.11 Å². The van der Waals surface area contributed by atoms with E-state index in [1.165, 1.54) is 9.13 Å². The molecule has 0 amide bonds. The van der Waals surface area contributed by atoms with Crippen molar-refractivity contribution in [3.63, 3.8) is 0 Å². The first kappa shape index (κ1) is 15.5. The normalized spacial score (nSPS) is 21.4. The second kappa shape index (κ2) is 6.02. The van der Waals surface area contributed by atoms with Gasteiger partial charge in [-0.2, -0.15) is 0 Å². The quantitative estimate of drug-likeness (QED) is 0.932. The summed E-state index contributed by atoms with van der Waals surface area (Å²) in [7, 11) is 1.67. The molecule has 122 valence electrons. The molecule has 1 aromatic heterocycles. The number of para-hydroxylation sites is 1. The molecule has 6 heteroatoms. The summed E-state index contributed by atoms with van der Waals surface area (Å²) < 4.78 is 2.80. The molecule has 0 radical (unpaired) electrons. The van der Waals surface area contributed by atoms with Crippen LogP contribution in [0, 0.1) is 11.8 Å². The molecule has 0 bridgehead atoms. The minimum atomic E-state index is -0.748. The van der Waals surface area contributed by atoms with Crippen molar-refractivity contribution in [2.75, 3.05) is 0 Å². The Balaban J connectivity index is 1.91. The standard InChI is InChI=1S/C17H20N2O4/c1-18-14-5-3-2-4-13(14)15(20)19(17(18)23)10-11-6-8-12(9-7-11)16(21)22/h2-5,11-12H,6-10H2,1H3,(H,21,22). The lowest BCUT2D eigenvalue weighted by atomic mass is 9.82. The summed E-state index contributed by atoms with van der Waals surface area (Å²) in [4.78, 5) is 36.1. The average molecular weight is 316 g/mol. The smallest absolute Gasteiger partial charge is 0.331 e. The Bertz CT molecular complexity index is 857. The number of fused-ring (bicyclic) bond motifs is 1. The number of nitrogens with zero attached hydrogens (tertiary/aromatic N) is 2. The van der Waals surface area contributed by atoms with Crippen LogP contribution in [-0.4, -0.2) is 20.2 Å². The van der Waals surface area contributed by atoms with E-state index >= 15 is 0 Å². The van der Waals surface area contributed by atoms with Crippen molar-refractivity contribution in [2.45, 2.75) is 32.2 Å². The van der Waals surface area contributed by atoms with E-state index < -0.39 is 5.97 Å². The molecule has 0 unspecified atom stereocenters. The SMILES string of the molecule is Cn1c(=O)n(CC2CCC(C(=O)O)CC2)c(=O)c2ccccc21. The van der Waals surface area contributed by atoms with Crippen molar-refractivity contribution in [3.05, 3.63) is 45.1 Å². The Morgan fingerprint density at radius 3 is 2.48 bits per heavy atom. The first-order valence-electron chi connectivity index (χ1n) is 7.90. The Morgan fingerprint density at radius 2 is 1.83 bits per heavy atom. The molecule has 2 aromatic rings. The molecule has 23 heavy (non-hydrogen) atoms. The summed E-state index contributed by atoms with van der Waals surface area (Å²) in [5, 5.41) is 9.58. The molecule has 1 aliphatic rings. The van der Waals surface area contributed by atoms with Gasteiger partial charge in [0.15, 0.2) is 0 Å². The lowest BCUT2D eigenvalue weighted by molar-refractivity contribution is -0.143. The van der Waals surface area contributed by atoms with Gasteiger partial charge in [-0.1, -0.05) is 12.1 Å². The fourth-order valence-corrected chi connectivity index (χ4v) is 3.47. The van der Waals surface area contributed by atoms with E-state index in [0.717, 1.165) is 12.8 Å². The van der Waals surface area contributed by atoms with Crippen molar-refractivity contribution >= 4 is 16.9 Å². The minimum Gasteiger partial charge on any atom is -0.481 e. The van der Waals surface area contributed by atoms with Gasteiger partial charge in [0.1, 0.15) is 0 Å². The highest BCUT2D eigenvalue weighted by Crippen LogP contribution is 2.29. The third kappa shape index (κ3) is 2.81. The summed E-state index contributed by atoms with van der Waals surface area (Å²) in [6, 6.07) is 7.09. The largest absolute Gasteiger partial charge is 0.481 e. The second-order valence-electron chi connectivity index (χ2n) is 6.33. The first-order valence-corrected chi connectivity index (χ1v) is 7.90. The molecule has 1 fully saturated rings. The van der Waals surface area contributed by atoms with Gasteiger partial charge in [0.2, 0.25) is 0 Å². The zero-order valence-corrected chi connectivity index (χ0v) is 13.1. The highest BCUT2D eigenvalue weighted by molar-refractivity contribution is 5.77. The number of aryl methyl sites for hydroxylation is 1. The van der Waals surface area contributed by atoms with Gasteiger partial charge in [0.25, 0.3) is 5.56 Å². The van der Waals surface area contributed by atoms with E-state index in [9.17, 15) is 14.4 Å². The predicted octanol–water partition coefficient (Wildman–Crippen LogP) is 1.59. The zero-order valence-electron chi connectivity index (χ0n) is 13.1. The minimum absolute atomic E-state index is 0.178. The average Bonchev–Trinajstić information content (AvgIpc) is 2.57. The van der Waals surface area contributed by atoms with Crippen LogP contribution in [0.2, 0.25) is 0 Å². The highest BCUT2D eigenvalue weighted by Gasteiger charge is 2.27. The number of aliphatic carboxylic acids is 1. The molecule has 0 aliphatic heterocycles. The Kier molecular flexibility index (Phi) is 4.07. The first-order chi connectivity index (χ1) is 11.0. The van der Waals surface area contributed by atoms with E-state index in [1.54, 1.807) is 31.3 Å². The van der Waals surface area contributed by atoms with Gasteiger partial charge in [-0.15, -0.1) is 0 Å². The zero-order chi connectivity index (χ0) is 16.6. The summed E-state index contributed by atoms with van der Waals surface area (Å²) in [6.07, 6.45) is 2.70. The maximum atomic E-state index is 12.6. The van der Waals surface area contributed by atoms with E-state index in [0.29, 0.717) is 30.3 Å². The number of aromatic nitrogens is 2. The molecule has 1 N–H and O–H groups in total. The molecule has 0 spiro atoms. The van der Waals surface area contributed by atoms with Gasteiger partial charge >= 0.3 is 11.7 Å². The molecule has 3 rings (SSSR count). The topological polar surface area (TPSA) is 81.3 Å². The van der Waals surface area contributed by atoms with Crippen molar-refractivity contribution in [3.8, 4) is 0 Å². The number of hydrogen-bond acceptors (Lipinski definition) is 3. The van der Waals surface area contributed by atoms with E-state index in [-0.39, 0.29) is 23.1 Å². The van der Waals surface area contributed by atoms with Gasteiger partial charge in [0, 0.05) is 13.6 Å². The van der Waals surface area contributed by atoms with Crippen LogP contribution in [0.3, 0.4) is 0 Å². The maximum Gasteiger partial charge on any atom is 0.331 e. The van der Waals surface area contributed by atoms with E-state index in [1.807, 2.05) is 0 Å². The summed E-state index contributed by atoms with van der Waals surface area (Å²) in [5.41, 5.74) is 0.0615. The third-order valence-corrected chi connectivity index (χ3v) is 4.90. The van der Waals surface area contributed by atoms with Crippen molar-refractivity contribution in [1.82, 2.24) is 9.13 Å². The Labute approximate surface area is 133 Å². The second-order valence-corrected chi connectivity index (χ2v) is 6.33. The molecule has 1 heterocycles. The van der Waals surface area contributed by atoms with Crippen LogP contribution in [0.5, 0.6) is 0 Å². The van der Waals surface area contributed by atoms with Gasteiger partial charge in [-0.3, -0.25) is 18.7 Å². The van der Waals surface area contributed by atoms with Gasteiger partial charge in [-0.05, 0) is 43.7 Å². The Morgan fingerprint density at radius 1 is 1.17 bits per heavy atom. The molecule has 0 atom stereocenters. The molecule has 1 aromatic carbocycles. The summed E-state index contributed by atoms with van der Waals surface area (Å²) in [5.74, 6) is -0.859. The Hall–Kier alpha value is -2.37. The predicted molar refractivity (Wildman–Crippen MR) is 86.5 cm³/mol. The van der Waals surface area contributed by atoms with Crippen LogP contribution in [-0.2, 0) is 18.4 Å². The molecule has 6 nitrogen and oxygen atoms in total. The fourth-order valence-electron chi connectivity index (χ4n) is 3.47. The molecule has 1 saturated carbocycles. The summed E-state index contributed by atoms with van der Waals surface area (Å²) >= 11 is 0. The number of carboxylic acids is 1. The van der Waals surface area contributed by atoms with E-state index in [2.05, 4.69) is 0 Å². The summed E-state index contributed by atoms with van der Waals surface area (Å²) in [6.45, 7) is 0.364. The molecule has 1 aliphatic carbocycles. The van der Waals surface area contributed by atoms with Crippen LogP contribution in [0.1, 0.15) is 25.7 Å². The number of rotatable bonds is 3. The van der Waals surface area contributed by atoms with Crippen molar-refractivity contribution in [1.29, 1.82) is 0 Å². The number of carboxylic acid groups (broad SMARTS) is 1. The maximum absolute atomic E-state index is 12.6. The lowest BCUT2D eigenvalue weighted by Gasteiger charge is -2.26. The van der Waals surface area contributed by atoms with Crippen LogP contribution < -0.4 is 11.2 Å². The van der Waals surface area contributed by atoms with Crippen molar-refractivity contribution in [2.24, 2.45) is 18.9 Å². The number of hydrogen-bond donors (Lipinski definition) is 1. The third-order valence-electron chi connectivity index (χ3n) is 4.90. The number of carbonyl (C=O) groups is 1. The van der Waals surface area contributed by atoms with Gasteiger partial charge in [-0.25, -0.2) is 4.79 Å². The van der Waals surface area contributed by atoms with Crippen LogP contribution in [0.4, 0.5) is 0 Å². The van der Waals surface area contributed by atoms with E-state index in [4.69, 9.17) is 5.11 Å². The fraction of sp³-hybridized carbons (Fsp3) is 0.471. The molecular weight excluding hydrogens is 296 g/mol. The monoisotopic (exact) mass is 316 g/mol. The lowest BCUT2D eigenvalue weighted by Crippen LogP contribution is -2.41. The van der Waals surface area contributed by atoms with Crippen molar-refractivity contribution < 1.29 is 9.90 Å².